The minimum Gasteiger partial charge on any atom is -0.284 e. The Hall–Kier alpha value is -2.69. The Morgan fingerprint density at radius 2 is 1.70 bits per heavy atom. The molecule has 5 heteroatoms. The largest absolute Gasteiger partial charge is 0.454 e. The van der Waals surface area contributed by atoms with Gasteiger partial charge < -0.3 is 0 Å². The molecule has 3 rings (SSSR count). The van der Waals surface area contributed by atoms with Crippen LogP contribution in [0.4, 0.5) is 13.2 Å². The molecule has 1 aromatic heterocycles. The van der Waals surface area contributed by atoms with Crippen molar-refractivity contribution in [3.63, 3.8) is 0 Å². The molecule has 0 aliphatic carbocycles. The fourth-order valence-electron chi connectivity index (χ4n) is 2.64. The van der Waals surface area contributed by atoms with Gasteiger partial charge in [0.2, 0.25) is 5.69 Å². The molecule has 0 amide bonds. The Morgan fingerprint density at radius 3 is 2.35 bits per heavy atom. The number of carbonyl (C=O) groups is 1. The van der Waals surface area contributed by atoms with Gasteiger partial charge in [0, 0.05) is 17.2 Å². The summed E-state index contributed by atoms with van der Waals surface area (Å²) >= 11 is 0. The quantitative estimate of drug-likeness (QED) is 0.646. The summed E-state index contributed by atoms with van der Waals surface area (Å²) in [6.45, 7) is 1.97. The van der Waals surface area contributed by atoms with Crippen LogP contribution in [0.25, 0.3) is 22.0 Å². The van der Waals surface area contributed by atoms with Gasteiger partial charge in [-0.05, 0) is 30.0 Å². The number of carbonyl (C=O) groups excluding carboxylic acids is 1. The Kier molecular flexibility index (Phi) is 3.64. The summed E-state index contributed by atoms with van der Waals surface area (Å²) in [6, 6.07) is 13.3. The number of aryl methyl sites for hydroxylation is 1. The topological polar surface area (TPSA) is 31.2 Å². The molecule has 0 aliphatic heterocycles. The lowest BCUT2D eigenvalue weighted by molar-refractivity contribution is -0.362. The SMILES string of the molecule is Cc1cccc2cc[nH+]c(-c3ccc(C(=O)C(F)(F)F)cc3)c12. The Balaban J connectivity index is 2.09. The third-order valence-electron chi connectivity index (χ3n) is 3.74. The van der Waals surface area contributed by atoms with Gasteiger partial charge in [0.1, 0.15) is 0 Å². The molecule has 0 atom stereocenters. The molecule has 1 heterocycles. The maximum absolute atomic E-state index is 12.5. The molecule has 0 saturated carbocycles. The zero-order valence-electron chi connectivity index (χ0n) is 12.2. The average Bonchev–Trinajstić information content (AvgIpc) is 2.53. The normalized spacial score (nSPS) is 11.7. The van der Waals surface area contributed by atoms with E-state index in [2.05, 4.69) is 4.98 Å². The van der Waals surface area contributed by atoms with Crippen molar-refractivity contribution in [2.45, 2.75) is 13.1 Å². The van der Waals surface area contributed by atoms with Crippen molar-refractivity contribution in [2.24, 2.45) is 0 Å². The predicted molar refractivity (Wildman–Crippen MR) is 81.1 cm³/mol. The predicted octanol–water partition coefficient (Wildman–Crippen LogP) is 4.37. The number of aromatic amines is 1. The average molecular weight is 316 g/mol. The van der Waals surface area contributed by atoms with Crippen LogP contribution in [-0.4, -0.2) is 12.0 Å². The third-order valence-corrected chi connectivity index (χ3v) is 3.74. The highest BCUT2D eigenvalue weighted by Crippen LogP contribution is 2.28. The molecule has 0 unspecified atom stereocenters. The summed E-state index contributed by atoms with van der Waals surface area (Å²) in [5, 5.41) is 2.04. The highest BCUT2D eigenvalue weighted by Gasteiger charge is 2.39. The van der Waals surface area contributed by atoms with Gasteiger partial charge in [-0.3, -0.25) is 4.79 Å². The first-order chi connectivity index (χ1) is 10.9. The number of rotatable bonds is 2. The molecular weight excluding hydrogens is 303 g/mol. The van der Waals surface area contributed by atoms with Gasteiger partial charge >= 0.3 is 6.18 Å². The van der Waals surface area contributed by atoms with Crippen molar-refractivity contribution in [1.29, 1.82) is 0 Å². The number of ketones is 1. The lowest BCUT2D eigenvalue weighted by Crippen LogP contribution is -2.22. The highest BCUT2D eigenvalue weighted by atomic mass is 19.4. The number of H-pyrrole nitrogens is 1. The molecule has 0 bridgehead atoms. The number of fused-ring (bicyclic) bond motifs is 1. The summed E-state index contributed by atoms with van der Waals surface area (Å²) < 4.78 is 37.4. The Bertz CT molecular complexity index is 878. The smallest absolute Gasteiger partial charge is 0.284 e. The van der Waals surface area contributed by atoms with Crippen LogP contribution in [0, 0.1) is 6.92 Å². The monoisotopic (exact) mass is 316 g/mol. The number of Topliss-reactive ketones (excluding diaryl/α,β-unsaturated/α-hetero) is 1. The van der Waals surface area contributed by atoms with E-state index in [0.29, 0.717) is 0 Å². The van der Waals surface area contributed by atoms with Crippen molar-refractivity contribution in [2.75, 3.05) is 0 Å². The molecule has 2 nitrogen and oxygen atoms in total. The Morgan fingerprint density at radius 1 is 1.00 bits per heavy atom. The van der Waals surface area contributed by atoms with E-state index < -0.39 is 12.0 Å². The van der Waals surface area contributed by atoms with Crippen LogP contribution in [0.1, 0.15) is 15.9 Å². The van der Waals surface area contributed by atoms with Crippen molar-refractivity contribution >= 4 is 16.6 Å². The lowest BCUT2D eigenvalue weighted by atomic mass is 9.99. The van der Waals surface area contributed by atoms with Gasteiger partial charge in [0.25, 0.3) is 5.78 Å². The van der Waals surface area contributed by atoms with Crippen LogP contribution in [-0.2, 0) is 0 Å². The van der Waals surface area contributed by atoms with Crippen molar-refractivity contribution in [1.82, 2.24) is 0 Å². The number of nitrogens with one attached hydrogen (secondary N) is 1. The van der Waals surface area contributed by atoms with Crippen LogP contribution >= 0.6 is 0 Å². The van der Waals surface area contributed by atoms with E-state index in [1.165, 1.54) is 24.3 Å². The summed E-state index contributed by atoms with van der Waals surface area (Å²) in [5.74, 6) is -1.83. The van der Waals surface area contributed by atoms with Crippen LogP contribution in [0.3, 0.4) is 0 Å². The zero-order chi connectivity index (χ0) is 16.6. The number of aromatic nitrogens is 1. The minimum absolute atomic E-state index is 0.363. The van der Waals surface area contributed by atoms with Crippen molar-refractivity contribution in [3.8, 4) is 11.3 Å². The lowest BCUT2D eigenvalue weighted by Gasteiger charge is -2.07. The maximum Gasteiger partial charge on any atom is 0.454 e. The third kappa shape index (κ3) is 2.82. The first-order valence-corrected chi connectivity index (χ1v) is 7.00. The molecule has 0 aliphatic rings. The standard InChI is InChI=1S/C18H12F3NO/c1-11-3-2-4-12-9-10-22-16(15(11)12)13-5-7-14(8-6-13)17(23)18(19,20)21/h2-10H,1H3/p+1. The van der Waals surface area contributed by atoms with Gasteiger partial charge in [-0.25, -0.2) is 4.98 Å². The second-order valence-corrected chi connectivity index (χ2v) is 5.30. The fourth-order valence-corrected chi connectivity index (χ4v) is 2.64. The van der Waals surface area contributed by atoms with Crippen molar-refractivity contribution < 1.29 is 22.9 Å². The molecule has 0 spiro atoms. The molecule has 1 N–H and O–H groups in total. The number of benzene rings is 2. The van der Waals surface area contributed by atoms with E-state index in [4.69, 9.17) is 0 Å². The van der Waals surface area contributed by atoms with Crippen LogP contribution in [0.2, 0.25) is 0 Å². The maximum atomic E-state index is 12.5. The van der Waals surface area contributed by atoms with Gasteiger partial charge in [0.05, 0.1) is 5.39 Å². The van der Waals surface area contributed by atoms with Gasteiger partial charge in [0.15, 0.2) is 6.20 Å². The van der Waals surface area contributed by atoms with Crippen LogP contribution in [0.15, 0.2) is 54.7 Å². The van der Waals surface area contributed by atoms with E-state index >= 15 is 0 Å². The summed E-state index contributed by atoms with van der Waals surface area (Å²) in [4.78, 5) is 14.4. The number of pyridine rings is 1. The molecule has 3 aromatic rings. The Labute approximate surface area is 130 Å². The molecule has 116 valence electrons. The van der Waals surface area contributed by atoms with E-state index in [1.54, 1.807) is 6.20 Å². The van der Waals surface area contributed by atoms with E-state index in [9.17, 15) is 18.0 Å². The molecule has 23 heavy (non-hydrogen) atoms. The number of alkyl halides is 3. The second kappa shape index (κ2) is 5.50. The van der Waals surface area contributed by atoms with Crippen LogP contribution in [0.5, 0.6) is 0 Å². The molecule has 0 fully saturated rings. The summed E-state index contributed by atoms with van der Waals surface area (Å²) in [7, 11) is 0. The zero-order valence-corrected chi connectivity index (χ0v) is 12.2. The van der Waals surface area contributed by atoms with Crippen molar-refractivity contribution in [3.05, 3.63) is 65.9 Å². The molecule has 2 aromatic carbocycles. The number of halogens is 3. The van der Waals surface area contributed by atoms with E-state index in [1.807, 2.05) is 31.2 Å². The van der Waals surface area contributed by atoms with E-state index in [-0.39, 0.29) is 5.56 Å². The minimum atomic E-state index is -4.86. The fraction of sp³-hybridized carbons (Fsp3) is 0.111. The first-order valence-electron chi connectivity index (χ1n) is 7.00. The molecule has 0 saturated heterocycles. The van der Waals surface area contributed by atoms with Gasteiger partial charge in [-0.15, -0.1) is 0 Å². The highest BCUT2D eigenvalue weighted by molar-refractivity contribution is 6.01. The molecule has 0 radical (unpaired) electrons. The number of hydrogen-bond donors (Lipinski definition) is 0. The summed E-state index contributed by atoms with van der Waals surface area (Å²) in [6.07, 6.45) is -3.07. The van der Waals surface area contributed by atoms with Crippen LogP contribution < -0.4 is 4.98 Å². The summed E-state index contributed by atoms with van der Waals surface area (Å²) in [5.41, 5.74) is 2.23. The van der Waals surface area contributed by atoms with E-state index in [0.717, 1.165) is 27.6 Å². The second-order valence-electron chi connectivity index (χ2n) is 5.30. The first kappa shape index (κ1) is 15.2. The number of hydrogen-bond acceptors (Lipinski definition) is 1. The molecular formula is C18H13F3NO+. The van der Waals surface area contributed by atoms with Gasteiger partial charge in [-0.2, -0.15) is 13.2 Å². The van der Waals surface area contributed by atoms with Gasteiger partial charge in [-0.1, -0.05) is 30.3 Å².